The van der Waals surface area contributed by atoms with Crippen molar-refractivity contribution in [1.29, 1.82) is 0 Å². The monoisotopic (exact) mass is 1010 g/mol. The zero-order valence-corrected chi connectivity index (χ0v) is 42.8. The first-order chi connectivity index (χ1) is 33.3. The molecular weight excluding hydrogens is 954 g/mol. The van der Waals surface area contributed by atoms with E-state index in [4.69, 9.17) is 17.0 Å². The second-order valence-electron chi connectivity index (χ2n) is 16.7. The number of carbonyl (C=O) groups excluding carboxylic acids is 2. The van der Waals surface area contributed by atoms with Gasteiger partial charge in [0.2, 0.25) is 0 Å². The molecule has 10 rings (SSSR count). The first kappa shape index (κ1) is 49.9. The predicted octanol–water partition coefficient (Wildman–Crippen LogP) is 16.5. The molecule has 337 valence electrons. The van der Waals surface area contributed by atoms with E-state index in [1.54, 1.807) is 0 Å². The molecule has 0 aliphatic rings. The topological polar surface area (TPSA) is 58.2 Å². The number of benzene rings is 8. The van der Waals surface area contributed by atoms with E-state index >= 15 is 0 Å². The molecule has 8 heteroatoms. The van der Waals surface area contributed by atoms with E-state index in [1.165, 1.54) is 98.7 Å². The summed E-state index contributed by atoms with van der Waals surface area (Å²) in [6, 6.07) is 71.1. The molecule has 0 saturated carbocycles. The summed E-state index contributed by atoms with van der Waals surface area (Å²) >= 11 is -0.826. The van der Waals surface area contributed by atoms with Gasteiger partial charge in [-0.3, -0.25) is 9.59 Å². The van der Waals surface area contributed by atoms with Crippen LogP contribution in [0.1, 0.15) is 63.5 Å². The Labute approximate surface area is 420 Å². The van der Waals surface area contributed by atoms with Gasteiger partial charge in [0.15, 0.2) is 12.8 Å². The van der Waals surface area contributed by atoms with Gasteiger partial charge in [-0.05, 0) is 66.8 Å². The van der Waals surface area contributed by atoms with Gasteiger partial charge in [-0.15, -0.1) is 69.1 Å². The van der Waals surface area contributed by atoms with Gasteiger partial charge >= 0.3 is 45.4 Å². The number of hydrogen-bond acceptors (Lipinski definition) is 2. The van der Waals surface area contributed by atoms with E-state index in [1.807, 2.05) is 0 Å². The van der Waals surface area contributed by atoms with Gasteiger partial charge in [0.25, 0.3) is 0 Å². The molecule has 0 saturated heterocycles. The van der Waals surface area contributed by atoms with Gasteiger partial charge in [0, 0.05) is 0 Å². The van der Waals surface area contributed by atoms with E-state index in [9.17, 15) is 9.59 Å². The maximum absolute atomic E-state index is 9.38. The minimum absolute atomic E-state index is 0.455. The molecule has 68 heavy (non-hydrogen) atoms. The third kappa shape index (κ3) is 11.6. The van der Waals surface area contributed by atoms with Gasteiger partial charge in [0.1, 0.15) is 0 Å². The van der Waals surface area contributed by atoms with Crippen LogP contribution in [-0.4, -0.2) is 20.4 Å². The average Bonchev–Trinajstić information content (AvgIpc) is 4.05. The summed E-state index contributed by atoms with van der Waals surface area (Å²) in [5.74, 6) is 1.17. The van der Waals surface area contributed by atoms with Crippen molar-refractivity contribution in [2.75, 3.05) is 0 Å². The van der Waals surface area contributed by atoms with Crippen LogP contribution in [0.4, 0.5) is 0 Å². The Morgan fingerprint density at radius 3 is 1.10 bits per heavy atom. The molecule has 2 N–H and O–H groups in total. The van der Waals surface area contributed by atoms with Gasteiger partial charge in [-0.1, -0.05) is 197 Å². The Kier molecular flexibility index (Phi) is 18.2. The number of fused-ring (bicyclic) bond motifs is 4. The molecule has 1 radical (unpaired) electrons. The van der Waals surface area contributed by atoms with Crippen LogP contribution in [-0.2, 0) is 30.4 Å². The normalized spacial score (nSPS) is 11.4. The van der Waals surface area contributed by atoms with Crippen molar-refractivity contribution in [3.63, 3.8) is 0 Å². The van der Waals surface area contributed by atoms with E-state index in [-0.39, 0.29) is 0 Å². The molecule has 0 aromatic heterocycles. The van der Waals surface area contributed by atoms with Crippen LogP contribution in [0.15, 0.2) is 194 Å². The number of halogens is 2. The molecule has 10 aromatic rings. The average molecular weight is 1010 g/mol. The Hall–Kier alpha value is -6.03. The standard InChI is InChI=1S/2C29H25.C2H4BN2O2.2ClH.Zr/c2*1-3-20(2)23-18-22-12-9-17-28(29(22)19-23)27-15-7-6-14-26(27)25-16-8-11-21-10-4-5-13-24(21)25;6-1-4-3-5-2-7;;;/h2*4-20H,3H2,1-2H3;1-2H,(H,4,6)(H,5,7);2*1H;/q2*-1;;;;+4/p-2. The summed E-state index contributed by atoms with van der Waals surface area (Å²) < 4.78 is 0. The first-order valence-electron chi connectivity index (χ1n) is 23.1. The molecule has 0 spiro atoms. The zero-order chi connectivity index (χ0) is 47.8. The Balaban J connectivity index is 0.000000168. The molecule has 0 bridgehead atoms. The summed E-state index contributed by atoms with van der Waals surface area (Å²) in [5, 5.41) is 14.8. The molecule has 2 atom stereocenters. The molecule has 0 fully saturated rings. The molecular formula is C60H54BCl2N2O2Zr. The number of rotatable bonds is 12. The number of hydrogen-bond donors (Lipinski definition) is 2. The van der Waals surface area contributed by atoms with Crippen molar-refractivity contribution in [3.8, 4) is 44.5 Å². The van der Waals surface area contributed by atoms with Gasteiger partial charge in [0.05, 0.1) is 0 Å². The quantitative estimate of drug-likeness (QED) is 0.0554. The van der Waals surface area contributed by atoms with Gasteiger partial charge < -0.3 is 10.5 Å². The third-order valence-electron chi connectivity index (χ3n) is 12.8. The van der Waals surface area contributed by atoms with Crippen molar-refractivity contribution in [3.05, 3.63) is 205 Å². The van der Waals surface area contributed by atoms with E-state index < -0.39 is 20.8 Å². The SMILES string of the molecule is CCC(C)c1cc2c(-c3ccccc3-c3cccc4ccccc34)cccc2[cH-]1.CCC(C)c1cc2c(-c3ccccc3-c3cccc4ccccc34)cccc2[cH-]1.O=CN[B]NC=O.[Cl][Zr+2][Cl]. The summed E-state index contributed by atoms with van der Waals surface area (Å²) in [6.45, 7) is 9.16. The zero-order valence-electron chi connectivity index (χ0n) is 38.8. The summed E-state index contributed by atoms with van der Waals surface area (Å²) in [7, 11) is 11.0. The van der Waals surface area contributed by atoms with Crippen molar-refractivity contribution < 1.29 is 30.4 Å². The molecule has 0 aliphatic heterocycles. The van der Waals surface area contributed by atoms with Crippen LogP contribution in [0.2, 0.25) is 0 Å². The van der Waals surface area contributed by atoms with Crippen LogP contribution < -0.4 is 10.5 Å². The number of nitrogens with one attached hydrogen (secondary N) is 2. The van der Waals surface area contributed by atoms with Crippen molar-refractivity contribution >= 4 is 80.5 Å². The van der Waals surface area contributed by atoms with Crippen LogP contribution in [0, 0.1) is 0 Å². The first-order valence-corrected chi connectivity index (χ1v) is 29.4. The van der Waals surface area contributed by atoms with Crippen molar-refractivity contribution in [2.24, 2.45) is 0 Å². The Morgan fingerprint density at radius 2 is 0.750 bits per heavy atom. The maximum atomic E-state index is 9.38. The third-order valence-corrected chi connectivity index (χ3v) is 12.8. The fraction of sp³-hybridized carbons (Fsp3) is 0.133. The Morgan fingerprint density at radius 1 is 0.456 bits per heavy atom. The predicted molar refractivity (Wildman–Crippen MR) is 289 cm³/mol. The van der Waals surface area contributed by atoms with Gasteiger partial charge in [-0.25, -0.2) is 0 Å². The molecule has 0 heterocycles. The molecule has 10 aromatic carbocycles. The summed E-state index contributed by atoms with van der Waals surface area (Å²) in [6.07, 6.45) is 3.24. The van der Waals surface area contributed by atoms with Crippen LogP contribution in [0.25, 0.3) is 87.6 Å². The summed E-state index contributed by atoms with van der Waals surface area (Å²) in [4.78, 5) is 18.8. The van der Waals surface area contributed by atoms with Gasteiger partial charge in [-0.2, -0.15) is 12.1 Å². The van der Waals surface area contributed by atoms with E-state index in [0.717, 1.165) is 20.4 Å². The molecule has 0 aliphatic carbocycles. The Bertz CT molecular complexity index is 3030. The number of carbonyl (C=O) groups is 2. The van der Waals surface area contributed by atoms with Crippen LogP contribution in [0.5, 0.6) is 0 Å². The second-order valence-corrected chi connectivity index (χ2v) is 20.5. The van der Waals surface area contributed by atoms with Crippen molar-refractivity contribution in [1.82, 2.24) is 10.5 Å². The van der Waals surface area contributed by atoms with Crippen molar-refractivity contribution in [2.45, 2.75) is 52.4 Å². The molecule has 2 unspecified atom stereocenters. The summed E-state index contributed by atoms with van der Waals surface area (Å²) in [5.41, 5.74) is 13.3. The fourth-order valence-corrected chi connectivity index (χ4v) is 8.97. The number of amides is 2. The van der Waals surface area contributed by atoms with E-state index in [0.29, 0.717) is 24.7 Å². The molecule has 2 amide bonds. The minimum atomic E-state index is -0.826. The second kappa shape index (κ2) is 24.8. The molecule has 4 nitrogen and oxygen atoms in total. The van der Waals surface area contributed by atoms with Crippen LogP contribution >= 0.6 is 17.0 Å². The fourth-order valence-electron chi connectivity index (χ4n) is 8.97. The van der Waals surface area contributed by atoms with E-state index in [2.05, 4.69) is 232 Å². The van der Waals surface area contributed by atoms with Crippen LogP contribution in [0.3, 0.4) is 0 Å².